The van der Waals surface area contributed by atoms with Crippen LogP contribution in [0.25, 0.3) is 0 Å². The van der Waals surface area contributed by atoms with Gasteiger partial charge >= 0.3 is 0 Å². The number of anilines is 1. The zero-order valence-corrected chi connectivity index (χ0v) is 18.6. The fourth-order valence-electron chi connectivity index (χ4n) is 3.80. The molecule has 4 rings (SSSR count). The molecule has 0 saturated carbocycles. The average Bonchev–Trinajstić information content (AvgIpc) is 2.79. The van der Waals surface area contributed by atoms with Crippen LogP contribution in [-0.2, 0) is 11.3 Å². The molecule has 0 unspecified atom stereocenters. The van der Waals surface area contributed by atoms with E-state index in [0.29, 0.717) is 23.1 Å². The number of hydrogen-bond donors (Lipinski definition) is 1. The Kier molecular flexibility index (Phi) is 7.13. The van der Waals surface area contributed by atoms with Crippen LogP contribution in [0, 0.1) is 5.92 Å². The summed E-state index contributed by atoms with van der Waals surface area (Å²) in [6.07, 6.45) is 1.83. The summed E-state index contributed by atoms with van der Waals surface area (Å²) in [7, 11) is 0. The van der Waals surface area contributed by atoms with Crippen molar-refractivity contribution in [2.45, 2.75) is 19.4 Å². The van der Waals surface area contributed by atoms with Crippen LogP contribution < -0.4 is 10.1 Å². The predicted molar refractivity (Wildman–Crippen MR) is 126 cm³/mol. The van der Waals surface area contributed by atoms with Crippen molar-refractivity contribution < 1.29 is 9.53 Å². The van der Waals surface area contributed by atoms with Gasteiger partial charge in [0.1, 0.15) is 11.5 Å². The van der Waals surface area contributed by atoms with Crippen molar-refractivity contribution in [1.82, 2.24) is 4.90 Å². The van der Waals surface area contributed by atoms with Crippen molar-refractivity contribution in [2.24, 2.45) is 5.92 Å². The second kappa shape index (κ2) is 10.2. The lowest BCUT2D eigenvalue weighted by molar-refractivity contribution is -0.121. The lowest BCUT2D eigenvalue weighted by Gasteiger charge is -2.32. The molecule has 31 heavy (non-hydrogen) atoms. The Balaban J connectivity index is 1.34. The zero-order valence-electron chi connectivity index (χ0n) is 17.1. The number of rotatable bonds is 6. The number of halogens is 2. The zero-order chi connectivity index (χ0) is 21.6. The van der Waals surface area contributed by atoms with Gasteiger partial charge in [0.25, 0.3) is 0 Å². The number of piperidine rings is 1. The maximum Gasteiger partial charge on any atom is 0.228 e. The van der Waals surface area contributed by atoms with Crippen molar-refractivity contribution in [3.63, 3.8) is 0 Å². The number of nitrogens with zero attached hydrogens (tertiary/aromatic N) is 1. The number of hydrogen-bond acceptors (Lipinski definition) is 3. The van der Waals surface area contributed by atoms with Crippen LogP contribution in [-0.4, -0.2) is 23.9 Å². The number of amides is 1. The number of nitrogens with one attached hydrogen (secondary N) is 1. The molecule has 1 amide bonds. The Labute approximate surface area is 192 Å². The monoisotopic (exact) mass is 454 g/mol. The van der Waals surface area contributed by atoms with Crippen molar-refractivity contribution in [3.8, 4) is 11.5 Å². The van der Waals surface area contributed by atoms with Gasteiger partial charge in [0, 0.05) is 34.4 Å². The third kappa shape index (κ3) is 5.79. The molecule has 4 nitrogen and oxygen atoms in total. The molecule has 1 aliphatic rings. The molecule has 1 fully saturated rings. The lowest BCUT2D eigenvalue weighted by atomic mass is 9.96. The van der Waals surface area contributed by atoms with E-state index >= 15 is 0 Å². The van der Waals surface area contributed by atoms with Gasteiger partial charge in [-0.05, 0) is 67.9 Å². The topological polar surface area (TPSA) is 41.6 Å². The van der Waals surface area contributed by atoms with Crippen molar-refractivity contribution in [1.29, 1.82) is 0 Å². The molecule has 6 heteroatoms. The smallest absolute Gasteiger partial charge is 0.228 e. The van der Waals surface area contributed by atoms with E-state index in [2.05, 4.69) is 10.2 Å². The molecule has 0 radical (unpaired) electrons. The van der Waals surface area contributed by atoms with E-state index in [1.807, 2.05) is 72.8 Å². The second-order valence-electron chi connectivity index (χ2n) is 7.70. The number of benzene rings is 3. The number of ether oxygens (including phenoxy) is 1. The summed E-state index contributed by atoms with van der Waals surface area (Å²) >= 11 is 12.6. The van der Waals surface area contributed by atoms with Gasteiger partial charge in [-0.3, -0.25) is 9.69 Å². The fourth-order valence-corrected chi connectivity index (χ4v) is 4.31. The average molecular weight is 455 g/mol. The highest BCUT2D eigenvalue weighted by Crippen LogP contribution is 2.28. The van der Waals surface area contributed by atoms with E-state index in [-0.39, 0.29) is 11.8 Å². The quantitative estimate of drug-likeness (QED) is 0.453. The number of para-hydroxylation sites is 1. The number of carbonyl (C=O) groups is 1. The minimum absolute atomic E-state index is 0.0340. The Bertz CT molecular complexity index is 1010. The summed E-state index contributed by atoms with van der Waals surface area (Å²) in [4.78, 5) is 15.1. The van der Waals surface area contributed by atoms with Gasteiger partial charge in [-0.15, -0.1) is 0 Å². The molecule has 1 heterocycles. The summed E-state index contributed by atoms with van der Waals surface area (Å²) in [5, 5.41) is 4.36. The molecule has 3 aromatic rings. The number of likely N-dealkylation sites (tertiary alicyclic amines) is 1. The van der Waals surface area contributed by atoms with Gasteiger partial charge < -0.3 is 10.1 Å². The fraction of sp³-hybridized carbons (Fsp3) is 0.240. The molecule has 1 saturated heterocycles. The van der Waals surface area contributed by atoms with Gasteiger partial charge in [0.2, 0.25) is 5.91 Å². The van der Waals surface area contributed by atoms with Crippen LogP contribution in [0.5, 0.6) is 11.5 Å². The SMILES string of the molecule is O=C(Nc1ccc(Oc2ccccc2)cc1)[C@@H]1CCCN(Cc2c(Cl)cccc2Cl)C1. The molecule has 1 atom stereocenters. The molecule has 0 aromatic heterocycles. The van der Waals surface area contributed by atoms with E-state index < -0.39 is 0 Å². The van der Waals surface area contributed by atoms with E-state index in [9.17, 15) is 4.79 Å². The molecule has 0 bridgehead atoms. The molecule has 1 aliphatic heterocycles. The summed E-state index contributed by atoms with van der Waals surface area (Å²) < 4.78 is 5.80. The largest absolute Gasteiger partial charge is 0.457 e. The normalized spacial score (nSPS) is 16.6. The van der Waals surface area contributed by atoms with Crippen molar-refractivity contribution >= 4 is 34.8 Å². The third-order valence-electron chi connectivity index (χ3n) is 5.42. The lowest BCUT2D eigenvalue weighted by Crippen LogP contribution is -2.40. The van der Waals surface area contributed by atoms with Crippen LogP contribution in [0.2, 0.25) is 10.0 Å². The van der Waals surface area contributed by atoms with Gasteiger partial charge in [-0.2, -0.15) is 0 Å². The van der Waals surface area contributed by atoms with Crippen LogP contribution in [0.1, 0.15) is 18.4 Å². The van der Waals surface area contributed by atoms with E-state index in [0.717, 1.165) is 42.1 Å². The molecule has 0 spiro atoms. The first-order valence-electron chi connectivity index (χ1n) is 10.4. The number of carbonyl (C=O) groups excluding carboxylic acids is 1. The van der Waals surface area contributed by atoms with Gasteiger partial charge in [0.15, 0.2) is 0 Å². The molecule has 3 aromatic carbocycles. The van der Waals surface area contributed by atoms with E-state index in [1.54, 1.807) is 0 Å². The van der Waals surface area contributed by atoms with E-state index in [4.69, 9.17) is 27.9 Å². The minimum atomic E-state index is -0.0738. The molecule has 0 aliphatic carbocycles. The first-order chi connectivity index (χ1) is 15.1. The van der Waals surface area contributed by atoms with Gasteiger partial charge in [-0.1, -0.05) is 47.5 Å². The predicted octanol–water partition coefficient (Wildman–Crippen LogP) is 6.64. The first-order valence-corrected chi connectivity index (χ1v) is 11.1. The molecular formula is C25H24Cl2N2O2. The van der Waals surface area contributed by atoms with Crippen LogP contribution >= 0.6 is 23.2 Å². The molecule has 160 valence electrons. The molecule has 1 N–H and O–H groups in total. The Morgan fingerprint density at radius 1 is 0.935 bits per heavy atom. The summed E-state index contributed by atoms with van der Waals surface area (Å²) in [5.41, 5.74) is 1.68. The minimum Gasteiger partial charge on any atom is -0.457 e. The van der Waals surface area contributed by atoms with E-state index in [1.165, 1.54) is 0 Å². The van der Waals surface area contributed by atoms with Gasteiger partial charge in [0.05, 0.1) is 5.92 Å². The highest BCUT2D eigenvalue weighted by molar-refractivity contribution is 6.35. The standard InChI is InChI=1S/C25H24Cl2N2O2/c26-23-9-4-10-24(27)22(23)17-29-15-5-6-18(16-29)25(30)28-19-11-13-21(14-12-19)31-20-7-2-1-3-8-20/h1-4,7-14,18H,5-6,15-17H2,(H,28,30)/t18-/m1/s1. The Morgan fingerprint density at radius 3 is 2.32 bits per heavy atom. The summed E-state index contributed by atoms with van der Waals surface area (Å²) in [6, 6.07) is 22.6. The van der Waals surface area contributed by atoms with Crippen molar-refractivity contribution in [2.75, 3.05) is 18.4 Å². The summed E-state index contributed by atoms with van der Waals surface area (Å²) in [6.45, 7) is 2.26. The summed E-state index contributed by atoms with van der Waals surface area (Å²) in [5.74, 6) is 1.46. The van der Waals surface area contributed by atoms with Crippen LogP contribution in [0.15, 0.2) is 72.8 Å². The third-order valence-corrected chi connectivity index (χ3v) is 6.13. The maximum atomic E-state index is 12.9. The first kappa shape index (κ1) is 21.7. The Hall–Kier alpha value is -2.53. The maximum absolute atomic E-state index is 12.9. The highest BCUT2D eigenvalue weighted by atomic mass is 35.5. The van der Waals surface area contributed by atoms with Gasteiger partial charge in [-0.25, -0.2) is 0 Å². The molecular weight excluding hydrogens is 431 g/mol. The van der Waals surface area contributed by atoms with Crippen LogP contribution in [0.3, 0.4) is 0 Å². The van der Waals surface area contributed by atoms with Crippen molar-refractivity contribution in [3.05, 3.63) is 88.4 Å². The Morgan fingerprint density at radius 2 is 1.61 bits per heavy atom. The van der Waals surface area contributed by atoms with Crippen LogP contribution in [0.4, 0.5) is 5.69 Å². The highest BCUT2D eigenvalue weighted by Gasteiger charge is 2.26. The second-order valence-corrected chi connectivity index (χ2v) is 8.52.